The van der Waals surface area contributed by atoms with Gasteiger partial charge in [0.15, 0.2) is 0 Å². The first-order valence-corrected chi connectivity index (χ1v) is 11.3. The minimum absolute atomic E-state index is 0.0190. The number of fused-ring (bicyclic) bond motifs is 1. The maximum atomic E-state index is 13.4. The Morgan fingerprint density at radius 3 is 2.59 bits per heavy atom. The van der Waals surface area contributed by atoms with Crippen LogP contribution in [0.3, 0.4) is 0 Å². The molecule has 2 heterocycles. The predicted molar refractivity (Wildman–Crippen MR) is 123 cm³/mol. The molecule has 4 rings (SSSR count). The van der Waals surface area contributed by atoms with Crippen molar-refractivity contribution in [3.05, 3.63) is 53.5 Å². The number of nitrogens with two attached hydrogens (primary N) is 1. The van der Waals surface area contributed by atoms with Crippen LogP contribution in [0.5, 0.6) is 0 Å². The van der Waals surface area contributed by atoms with Gasteiger partial charge in [-0.25, -0.2) is 4.79 Å². The van der Waals surface area contributed by atoms with E-state index in [0.29, 0.717) is 51.5 Å². The van der Waals surface area contributed by atoms with Crippen LogP contribution in [-0.2, 0) is 17.7 Å². The number of urea groups is 1. The van der Waals surface area contributed by atoms with Gasteiger partial charge < -0.3 is 30.9 Å². The lowest BCUT2D eigenvalue weighted by Crippen LogP contribution is -2.49. The second-order valence-corrected chi connectivity index (χ2v) is 8.59. The Kier molecular flexibility index (Phi) is 7.01. The smallest absolute Gasteiger partial charge is 0.383 e. The van der Waals surface area contributed by atoms with E-state index in [1.54, 1.807) is 0 Å². The van der Waals surface area contributed by atoms with Crippen LogP contribution in [0, 0.1) is 0 Å². The standard InChI is InChI=1S/C23H29F3N6O2/c1-15(28-13-20(23(24,25)26)21(27)30-18-4-5-18)29-19-3-2-17-14-32(7-6-16(17)12-19)22(33)31-8-10-34-11-9-31/h2-3,12-13,18,28-29H,1,4-11,14H2,(H2,27,30)/b20-13+. The molecular formula is C23H29F3N6O2. The Hall–Kier alpha value is -3.21. The number of aliphatic imine (C=N–C) groups is 1. The van der Waals surface area contributed by atoms with Crippen LogP contribution in [0.25, 0.3) is 0 Å². The molecule has 0 radical (unpaired) electrons. The quantitative estimate of drug-likeness (QED) is 0.432. The Morgan fingerprint density at radius 2 is 1.91 bits per heavy atom. The fraction of sp³-hybridized carbons (Fsp3) is 0.478. The number of ether oxygens (including phenoxy) is 1. The van der Waals surface area contributed by atoms with Crippen molar-refractivity contribution in [3.63, 3.8) is 0 Å². The number of carbonyl (C=O) groups excluding carboxylic acids is 1. The molecule has 8 nitrogen and oxygen atoms in total. The highest BCUT2D eigenvalue weighted by Crippen LogP contribution is 2.29. The van der Waals surface area contributed by atoms with E-state index >= 15 is 0 Å². The van der Waals surface area contributed by atoms with E-state index < -0.39 is 17.6 Å². The number of hydrogen-bond acceptors (Lipinski definition) is 5. The van der Waals surface area contributed by atoms with E-state index in [2.05, 4.69) is 22.2 Å². The highest BCUT2D eigenvalue weighted by atomic mass is 19.4. The number of amidine groups is 1. The first-order valence-electron chi connectivity index (χ1n) is 11.3. The average Bonchev–Trinajstić information content (AvgIpc) is 3.62. The molecule has 34 heavy (non-hydrogen) atoms. The summed E-state index contributed by atoms with van der Waals surface area (Å²) in [5.74, 6) is -0.360. The summed E-state index contributed by atoms with van der Waals surface area (Å²) in [5.41, 5.74) is 7.35. The highest BCUT2D eigenvalue weighted by Gasteiger charge is 2.37. The van der Waals surface area contributed by atoms with Crippen molar-refractivity contribution >= 4 is 17.6 Å². The summed E-state index contributed by atoms with van der Waals surface area (Å²) >= 11 is 0. The van der Waals surface area contributed by atoms with Gasteiger partial charge in [0, 0.05) is 38.1 Å². The number of anilines is 1. The fourth-order valence-corrected chi connectivity index (χ4v) is 3.89. The van der Waals surface area contributed by atoms with E-state index in [4.69, 9.17) is 10.5 Å². The minimum atomic E-state index is -4.63. The summed E-state index contributed by atoms with van der Waals surface area (Å²) in [4.78, 5) is 20.3. The van der Waals surface area contributed by atoms with Crippen molar-refractivity contribution in [3.8, 4) is 0 Å². The molecular weight excluding hydrogens is 449 g/mol. The molecule has 1 saturated carbocycles. The SMILES string of the molecule is C=C(N/C=C(\C(N)=NC1CC1)C(F)(F)F)Nc1ccc2c(c1)CCN(C(=O)N1CCOCC1)C2. The summed E-state index contributed by atoms with van der Waals surface area (Å²) in [6.45, 7) is 7.19. The molecule has 1 aromatic rings. The molecule has 11 heteroatoms. The lowest BCUT2D eigenvalue weighted by Gasteiger charge is -2.35. The largest absolute Gasteiger partial charge is 0.421 e. The number of morpholine rings is 1. The minimum Gasteiger partial charge on any atom is -0.383 e. The third-order valence-corrected chi connectivity index (χ3v) is 5.91. The van der Waals surface area contributed by atoms with E-state index in [1.807, 2.05) is 28.0 Å². The number of hydrogen-bond donors (Lipinski definition) is 3. The van der Waals surface area contributed by atoms with Crippen LogP contribution in [-0.4, -0.2) is 66.7 Å². The summed E-state index contributed by atoms with van der Waals surface area (Å²) in [5, 5.41) is 5.51. The van der Waals surface area contributed by atoms with Crippen molar-refractivity contribution in [1.29, 1.82) is 0 Å². The van der Waals surface area contributed by atoms with Crippen LogP contribution in [0.1, 0.15) is 24.0 Å². The zero-order valence-corrected chi connectivity index (χ0v) is 18.8. The van der Waals surface area contributed by atoms with Gasteiger partial charge in [-0.05, 0) is 42.5 Å². The fourth-order valence-electron chi connectivity index (χ4n) is 3.89. The number of carbonyl (C=O) groups is 1. The zero-order valence-electron chi connectivity index (χ0n) is 18.8. The third-order valence-electron chi connectivity index (χ3n) is 5.91. The van der Waals surface area contributed by atoms with E-state index in [0.717, 1.165) is 30.2 Å². The molecule has 0 aromatic heterocycles. The van der Waals surface area contributed by atoms with Gasteiger partial charge in [0.2, 0.25) is 0 Å². The summed E-state index contributed by atoms with van der Waals surface area (Å²) in [7, 11) is 0. The number of nitrogens with zero attached hydrogens (tertiary/aromatic N) is 3. The number of benzene rings is 1. The third kappa shape index (κ3) is 6.02. The number of nitrogens with one attached hydrogen (secondary N) is 2. The lowest BCUT2D eigenvalue weighted by atomic mass is 9.99. The van der Waals surface area contributed by atoms with Gasteiger partial charge in [-0.3, -0.25) is 4.99 Å². The highest BCUT2D eigenvalue weighted by molar-refractivity contribution is 5.98. The molecule has 4 N–H and O–H groups in total. The monoisotopic (exact) mass is 478 g/mol. The van der Waals surface area contributed by atoms with Crippen LogP contribution in [0.15, 0.2) is 47.4 Å². The van der Waals surface area contributed by atoms with Crippen molar-refractivity contribution in [2.45, 2.75) is 38.0 Å². The van der Waals surface area contributed by atoms with Gasteiger partial charge in [-0.2, -0.15) is 13.2 Å². The van der Waals surface area contributed by atoms with Crippen LogP contribution in [0.2, 0.25) is 0 Å². The molecule has 2 aliphatic heterocycles. The normalized spacial score (nSPS) is 19.5. The van der Waals surface area contributed by atoms with Gasteiger partial charge in [0.25, 0.3) is 0 Å². The Balaban J connectivity index is 1.36. The maximum absolute atomic E-state index is 13.4. The van der Waals surface area contributed by atoms with Crippen LogP contribution < -0.4 is 16.4 Å². The van der Waals surface area contributed by atoms with Crippen LogP contribution in [0.4, 0.5) is 23.7 Å². The number of rotatable bonds is 6. The molecule has 1 saturated heterocycles. The molecule has 2 amide bonds. The molecule has 1 aromatic carbocycles. The van der Waals surface area contributed by atoms with Crippen molar-refractivity contribution in [1.82, 2.24) is 15.1 Å². The van der Waals surface area contributed by atoms with Crippen molar-refractivity contribution < 1.29 is 22.7 Å². The van der Waals surface area contributed by atoms with Gasteiger partial charge in [-0.15, -0.1) is 0 Å². The average molecular weight is 479 g/mol. The molecule has 1 aliphatic carbocycles. The van der Waals surface area contributed by atoms with E-state index in [9.17, 15) is 18.0 Å². The Bertz CT molecular complexity index is 997. The van der Waals surface area contributed by atoms with E-state index in [-0.39, 0.29) is 17.9 Å². The first-order chi connectivity index (χ1) is 16.2. The second-order valence-electron chi connectivity index (χ2n) is 8.59. The Morgan fingerprint density at radius 1 is 1.18 bits per heavy atom. The molecule has 2 fully saturated rings. The Labute approximate surface area is 196 Å². The maximum Gasteiger partial charge on any atom is 0.421 e. The molecule has 0 atom stereocenters. The van der Waals surface area contributed by atoms with Gasteiger partial charge in [-0.1, -0.05) is 12.6 Å². The molecule has 0 bridgehead atoms. The number of alkyl halides is 3. The molecule has 3 aliphatic rings. The number of amides is 2. The lowest BCUT2D eigenvalue weighted by molar-refractivity contribution is -0.0864. The topological polar surface area (TPSA) is 95.2 Å². The number of halogens is 3. The van der Waals surface area contributed by atoms with Gasteiger partial charge in [0.1, 0.15) is 11.4 Å². The summed E-state index contributed by atoms with van der Waals surface area (Å²) < 4.78 is 45.4. The predicted octanol–water partition coefficient (Wildman–Crippen LogP) is 2.94. The van der Waals surface area contributed by atoms with Crippen molar-refractivity contribution in [2.24, 2.45) is 10.7 Å². The van der Waals surface area contributed by atoms with Gasteiger partial charge >= 0.3 is 12.2 Å². The summed E-state index contributed by atoms with van der Waals surface area (Å²) in [6, 6.07) is 5.55. The van der Waals surface area contributed by atoms with Gasteiger partial charge in [0.05, 0.1) is 25.1 Å². The zero-order chi connectivity index (χ0) is 24.3. The molecule has 0 unspecified atom stereocenters. The van der Waals surface area contributed by atoms with Crippen LogP contribution >= 0.6 is 0 Å². The first kappa shape index (κ1) is 23.9. The second kappa shape index (κ2) is 9.96. The van der Waals surface area contributed by atoms with Crippen molar-refractivity contribution in [2.75, 3.05) is 38.2 Å². The summed E-state index contributed by atoms with van der Waals surface area (Å²) in [6.07, 6.45) is -1.65. The molecule has 184 valence electrons. The molecule has 0 spiro atoms. The van der Waals surface area contributed by atoms with E-state index in [1.165, 1.54) is 0 Å².